The lowest BCUT2D eigenvalue weighted by molar-refractivity contribution is -0.122. The number of carbonyl (C=O) groups excluding carboxylic acids is 1. The van der Waals surface area contributed by atoms with Crippen molar-refractivity contribution in [2.75, 3.05) is 5.32 Å². The lowest BCUT2D eigenvalue weighted by Crippen LogP contribution is -2.52. The van der Waals surface area contributed by atoms with Crippen LogP contribution in [0, 0.1) is 0 Å². The van der Waals surface area contributed by atoms with E-state index in [4.69, 9.17) is 10.9 Å². The molecule has 5 N–H and O–H groups in total. The van der Waals surface area contributed by atoms with Gasteiger partial charge in [0.25, 0.3) is 0 Å². The lowest BCUT2D eigenvalue weighted by Gasteiger charge is -2.31. The minimum absolute atomic E-state index is 0.179. The second kappa shape index (κ2) is 6.13. The van der Waals surface area contributed by atoms with Crippen LogP contribution in [0.2, 0.25) is 0 Å². The molecule has 1 aliphatic rings. The third kappa shape index (κ3) is 4.52. The molecule has 1 amide bonds. The number of nitrogens with one attached hydrogen (secondary N) is 1. The van der Waals surface area contributed by atoms with Crippen LogP contribution in [0.15, 0.2) is 24.3 Å². The van der Waals surface area contributed by atoms with Crippen molar-refractivity contribution in [3.05, 3.63) is 29.8 Å². The van der Waals surface area contributed by atoms with Crippen LogP contribution in [0.1, 0.15) is 37.7 Å². The molecule has 0 aliphatic heterocycles. The normalized spacial score (nSPS) is 18.2. The lowest BCUT2D eigenvalue weighted by atomic mass is 9.82. The molecular weight excluding hydrogens is 290 g/mol. The fourth-order valence-electron chi connectivity index (χ4n) is 2.58. The molecule has 1 aromatic carbocycles. The van der Waals surface area contributed by atoms with Crippen LogP contribution in [-0.4, -0.2) is 19.9 Å². The van der Waals surface area contributed by atoms with E-state index in [1.165, 1.54) is 0 Å². The highest BCUT2D eigenvalue weighted by Crippen LogP contribution is 2.27. The number of anilines is 1. The third-order valence-corrected chi connectivity index (χ3v) is 4.51. The minimum Gasteiger partial charge on any atom is -0.324 e. The van der Waals surface area contributed by atoms with Crippen molar-refractivity contribution < 1.29 is 13.2 Å². The molecule has 0 unspecified atom stereocenters. The van der Waals surface area contributed by atoms with Crippen molar-refractivity contribution in [1.29, 1.82) is 0 Å². The van der Waals surface area contributed by atoms with Gasteiger partial charge in [0.2, 0.25) is 15.9 Å². The standard InChI is InChI=1S/C14H21N3O3S/c15-14(8-2-1-3-9-14)13(18)17-12-6-4-11(5-7-12)10-21(16,19)20/h4-7H,1-3,8-10,15H2,(H,17,18)(H2,16,19,20). The molecule has 2 rings (SSSR count). The second-order valence-electron chi connectivity index (χ2n) is 5.68. The number of benzene rings is 1. The molecule has 21 heavy (non-hydrogen) atoms. The van der Waals surface area contributed by atoms with Crippen molar-refractivity contribution in [3.8, 4) is 0 Å². The molecular formula is C14H21N3O3S. The molecule has 0 spiro atoms. The molecule has 0 atom stereocenters. The summed E-state index contributed by atoms with van der Waals surface area (Å²) in [6.07, 6.45) is 4.45. The number of hydrogen-bond donors (Lipinski definition) is 3. The van der Waals surface area contributed by atoms with Gasteiger partial charge in [-0.1, -0.05) is 31.4 Å². The smallest absolute Gasteiger partial charge is 0.244 e. The summed E-state index contributed by atoms with van der Waals surface area (Å²) in [5.74, 6) is -0.399. The molecule has 1 saturated carbocycles. The van der Waals surface area contributed by atoms with Crippen molar-refractivity contribution >= 4 is 21.6 Å². The van der Waals surface area contributed by atoms with Gasteiger partial charge in [-0.25, -0.2) is 13.6 Å². The number of primary sulfonamides is 1. The van der Waals surface area contributed by atoms with E-state index in [0.717, 1.165) is 19.3 Å². The van der Waals surface area contributed by atoms with Gasteiger partial charge in [-0.05, 0) is 30.5 Å². The third-order valence-electron chi connectivity index (χ3n) is 3.78. The summed E-state index contributed by atoms with van der Waals surface area (Å²) in [6, 6.07) is 6.57. The number of rotatable bonds is 4. The topological polar surface area (TPSA) is 115 Å². The zero-order valence-corrected chi connectivity index (χ0v) is 12.7. The van der Waals surface area contributed by atoms with Crippen LogP contribution >= 0.6 is 0 Å². The van der Waals surface area contributed by atoms with E-state index < -0.39 is 15.6 Å². The molecule has 1 fully saturated rings. The van der Waals surface area contributed by atoms with Gasteiger partial charge in [0.05, 0.1) is 11.3 Å². The predicted octanol–water partition coefficient (Wildman–Crippen LogP) is 1.08. The van der Waals surface area contributed by atoms with E-state index in [9.17, 15) is 13.2 Å². The molecule has 1 aromatic rings. The quantitative estimate of drug-likeness (QED) is 0.771. The first-order chi connectivity index (χ1) is 9.78. The predicted molar refractivity (Wildman–Crippen MR) is 81.9 cm³/mol. The SMILES string of the molecule is NC1(C(=O)Nc2ccc(CS(N)(=O)=O)cc2)CCCCC1. The first-order valence-corrected chi connectivity index (χ1v) is 8.70. The molecule has 0 radical (unpaired) electrons. The summed E-state index contributed by atoms with van der Waals surface area (Å²) in [7, 11) is -3.55. The summed E-state index contributed by atoms with van der Waals surface area (Å²) in [5, 5.41) is 7.78. The van der Waals surface area contributed by atoms with E-state index in [-0.39, 0.29) is 11.7 Å². The largest absolute Gasteiger partial charge is 0.324 e. The maximum atomic E-state index is 12.3. The Morgan fingerprint density at radius 2 is 1.71 bits per heavy atom. The Bertz CT molecular complexity index is 605. The number of hydrogen-bond acceptors (Lipinski definition) is 4. The Hall–Kier alpha value is -1.44. The van der Waals surface area contributed by atoms with Gasteiger partial charge in [0.1, 0.15) is 0 Å². The van der Waals surface area contributed by atoms with Crippen LogP contribution < -0.4 is 16.2 Å². The number of amides is 1. The molecule has 7 heteroatoms. The van der Waals surface area contributed by atoms with Gasteiger partial charge in [-0.2, -0.15) is 0 Å². The van der Waals surface area contributed by atoms with Crippen LogP contribution in [0.3, 0.4) is 0 Å². The molecule has 0 bridgehead atoms. The summed E-state index contributed by atoms with van der Waals surface area (Å²) in [4.78, 5) is 12.3. The molecule has 1 aliphatic carbocycles. The fourth-order valence-corrected chi connectivity index (χ4v) is 3.24. The van der Waals surface area contributed by atoms with Gasteiger partial charge < -0.3 is 11.1 Å². The summed E-state index contributed by atoms with van der Waals surface area (Å²) < 4.78 is 22.0. The summed E-state index contributed by atoms with van der Waals surface area (Å²) in [5.41, 5.74) is 6.55. The molecule has 0 aromatic heterocycles. The van der Waals surface area contributed by atoms with E-state index in [2.05, 4.69) is 5.32 Å². The highest BCUT2D eigenvalue weighted by Gasteiger charge is 2.35. The first-order valence-electron chi connectivity index (χ1n) is 6.98. The van der Waals surface area contributed by atoms with Gasteiger partial charge in [0, 0.05) is 5.69 Å². The highest BCUT2D eigenvalue weighted by atomic mass is 32.2. The van der Waals surface area contributed by atoms with Crippen molar-refractivity contribution in [1.82, 2.24) is 0 Å². The number of carbonyl (C=O) groups is 1. The average molecular weight is 311 g/mol. The summed E-state index contributed by atoms with van der Waals surface area (Å²) in [6.45, 7) is 0. The highest BCUT2D eigenvalue weighted by molar-refractivity contribution is 7.88. The first kappa shape index (κ1) is 15.9. The van der Waals surface area contributed by atoms with E-state index in [0.29, 0.717) is 24.1 Å². The molecule has 0 heterocycles. The van der Waals surface area contributed by atoms with Crippen molar-refractivity contribution in [2.24, 2.45) is 10.9 Å². The molecule has 0 saturated heterocycles. The monoisotopic (exact) mass is 311 g/mol. The zero-order chi connectivity index (χ0) is 15.5. The fraction of sp³-hybridized carbons (Fsp3) is 0.500. The van der Waals surface area contributed by atoms with Gasteiger partial charge in [0.15, 0.2) is 0 Å². The summed E-state index contributed by atoms with van der Waals surface area (Å²) >= 11 is 0. The van der Waals surface area contributed by atoms with Gasteiger partial charge in [-0.15, -0.1) is 0 Å². The van der Waals surface area contributed by atoms with E-state index in [1.807, 2.05) is 0 Å². The van der Waals surface area contributed by atoms with Crippen molar-refractivity contribution in [3.63, 3.8) is 0 Å². The second-order valence-corrected chi connectivity index (χ2v) is 7.29. The average Bonchev–Trinajstić information content (AvgIpc) is 2.40. The van der Waals surface area contributed by atoms with Crippen LogP contribution in [0.4, 0.5) is 5.69 Å². The van der Waals surface area contributed by atoms with Crippen molar-refractivity contribution in [2.45, 2.75) is 43.4 Å². The Labute approximate surface area is 124 Å². The number of nitrogens with two attached hydrogens (primary N) is 2. The Morgan fingerprint density at radius 3 is 2.24 bits per heavy atom. The molecule has 6 nitrogen and oxygen atoms in total. The maximum absolute atomic E-state index is 12.3. The Morgan fingerprint density at radius 1 is 1.14 bits per heavy atom. The zero-order valence-electron chi connectivity index (χ0n) is 11.8. The van der Waals surface area contributed by atoms with Gasteiger partial charge in [-0.3, -0.25) is 4.79 Å². The Balaban J connectivity index is 2.01. The van der Waals surface area contributed by atoms with E-state index in [1.54, 1.807) is 24.3 Å². The number of sulfonamides is 1. The molecule has 116 valence electrons. The van der Waals surface area contributed by atoms with Crippen LogP contribution in [-0.2, 0) is 20.6 Å². The maximum Gasteiger partial charge on any atom is 0.244 e. The minimum atomic E-state index is -3.55. The van der Waals surface area contributed by atoms with Crippen LogP contribution in [0.5, 0.6) is 0 Å². The van der Waals surface area contributed by atoms with E-state index >= 15 is 0 Å². The Kier molecular flexibility index (Phi) is 4.65. The van der Waals surface area contributed by atoms with Gasteiger partial charge >= 0.3 is 0 Å². The van der Waals surface area contributed by atoms with Crippen LogP contribution in [0.25, 0.3) is 0 Å².